The van der Waals surface area contributed by atoms with Gasteiger partial charge in [0, 0.05) is 13.1 Å². The molecule has 1 saturated heterocycles. The average Bonchev–Trinajstić information content (AvgIpc) is 2.27. The molecular weight excluding hydrogens is 250 g/mol. The number of nitrogens with two attached hydrogens (primary N) is 1. The fourth-order valence-corrected chi connectivity index (χ4v) is 2.55. The van der Waals surface area contributed by atoms with Crippen LogP contribution in [-0.2, 0) is 4.79 Å². The molecule has 1 aliphatic heterocycles. The average molecular weight is 268 g/mol. The van der Waals surface area contributed by atoms with Gasteiger partial charge in [-0.05, 0) is 26.0 Å². The highest BCUT2D eigenvalue weighted by Crippen LogP contribution is 2.30. The van der Waals surface area contributed by atoms with E-state index in [0.717, 1.165) is 5.69 Å². The van der Waals surface area contributed by atoms with Crippen molar-refractivity contribution in [3.63, 3.8) is 0 Å². The van der Waals surface area contributed by atoms with Crippen LogP contribution in [0, 0.1) is 0 Å². The number of rotatable bonds is 2. The predicted molar refractivity (Wildman–Crippen MR) is 73.9 cm³/mol. The first-order valence-electron chi connectivity index (χ1n) is 5.98. The molecule has 0 aromatic heterocycles. The maximum absolute atomic E-state index is 12.1. The van der Waals surface area contributed by atoms with Crippen molar-refractivity contribution in [2.75, 3.05) is 18.0 Å². The first-order chi connectivity index (χ1) is 8.44. The number of halogens is 1. The lowest BCUT2D eigenvalue weighted by atomic mass is 9.97. The largest absolute Gasteiger partial charge is 0.355 e. The van der Waals surface area contributed by atoms with Crippen LogP contribution >= 0.6 is 11.6 Å². The number of amides is 1. The Balaban J connectivity index is 2.39. The summed E-state index contributed by atoms with van der Waals surface area (Å²) < 4.78 is 0. The van der Waals surface area contributed by atoms with E-state index < -0.39 is 0 Å². The van der Waals surface area contributed by atoms with Crippen molar-refractivity contribution in [2.45, 2.75) is 25.4 Å². The fraction of sp³-hybridized carbons (Fsp3) is 0.462. The Bertz CT molecular complexity index is 461. The topological polar surface area (TPSA) is 58.4 Å². The van der Waals surface area contributed by atoms with Crippen molar-refractivity contribution in [1.29, 1.82) is 0 Å². The van der Waals surface area contributed by atoms with E-state index in [1.807, 2.05) is 43.0 Å². The van der Waals surface area contributed by atoms with Gasteiger partial charge in [0.2, 0.25) is 5.91 Å². The van der Waals surface area contributed by atoms with E-state index in [0.29, 0.717) is 11.6 Å². The van der Waals surface area contributed by atoms with Crippen LogP contribution in [0.1, 0.15) is 13.8 Å². The number of para-hydroxylation sites is 1. The summed E-state index contributed by atoms with van der Waals surface area (Å²) in [6.07, 6.45) is 0. The molecule has 4 nitrogen and oxygen atoms in total. The minimum Gasteiger partial charge on any atom is -0.355 e. The van der Waals surface area contributed by atoms with Gasteiger partial charge >= 0.3 is 0 Å². The van der Waals surface area contributed by atoms with E-state index in [-0.39, 0.29) is 24.0 Å². The summed E-state index contributed by atoms with van der Waals surface area (Å²) in [5.41, 5.74) is 6.28. The Kier molecular flexibility index (Phi) is 3.50. The Labute approximate surface area is 112 Å². The van der Waals surface area contributed by atoms with Gasteiger partial charge in [0.25, 0.3) is 0 Å². The summed E-state index contributed by atoms with van der Waals surface area (Å²) in [7, 11) is 0. The third-order valence-electron chi connectivity index (χ3n) is 3.09. The van der Waals surface area contributed by atoms with Crippen LogP contribution in [0.3, 0.4) is 0 Å². The van der Waals surface area contributed by atoms with Crippen LogP contribution in [-0.4, -0.2) is 30.6 Å². The second-order valence-electron chi connectivity index (χ2n) is 5.20. The Morgan fingerprint density at radius 3 is 2.78 bits per heavy atom. The van der Waals surface area contributed by atoms with E-state index >= 15 is 0 Å². The van der Waals surface area contributed by atoms with E-state index in [4.69, 9.17) is 17.3 Å². The highest BCUT2D eigenvalue weighted by atomic mass is 35.5. The molecule has 0 bridgehead atoms. The van der Waals surface area contributed by atoms with Crippen molar-refractivity contribution < 1.29 is 4.79 Å². The van der Waals surface area contributed by atoms with Gasteiger partial charge in [-0.2, -0.15) is 0 Å². The van der Waals surface area contributed by atoms with Gasteiger partial charge in [-0.3, -0.25) is 4.79 Å². The summed E-state index contributed by atoms with van der Waals surface area (Å²) in [6.45, 7) is 4.93. The second kappa shape index (κ2) is 4.78. The number of nitrogens with one attached hydrogen (secondary N) is 1. The third kappa shape index (κ3) is 2.44. The minimum atomic E-state index is -0.363. The Hall–Kier alpha value is -1.26. The number of piperazine rings is 1. The number of hydrogen-bond acceptors (Lipinski definition) is 3. The van der Waals surface area contributed by atoms with Crippen LogP contribution in [0.15, 0.2) is 24.3 Å². The van der Waals surface area contributed by atoms with Gasteiger partial charge in [0.1, 0.15) is 6.04 Å². The number of carbonyl (C=O) groups excluding carboxylic acids is 1. The number of anilines is 1. The maximum atomic E-state index is 12.1. The van der Waals surface area contributed by atoms with E-state index in [1.54, 1.807) is 0 Å². The van der Waals surface area contributed by atoms with Crippen molar-refractivity contribution in [2.24, 2.45) is 5.73 Å². The smallest absolute Gasteiger partial charge is 0.244 e. The quantitative estimate of drug-likeness (QED) is 0.851. The Morgan fingerprint density at radius 2 is 2.17 bits per heavy atom. The summed E-state index contributed by atoms with van der Waals surface area (Å²) in [6, 6.07) is 7.16. The molecule has 1 aromatic carbocycles. The molecule has 0 saturated carbocycles. The number of carbonyl (C=O) groups is 1. The molecular formula is C13H18ClN3O. The number of nitrogens with zero attached hydrogens (tertiary/aromatic N) is 1. The lowest BCUT2D eigenvalue weighted by Crippen LogP contribution is -2.66. The van der Waals surface area contributed by atoms with Gasteiger partial charge in [0.15, 0.2) is 0 Å². The van der Waals surface area contributed by atoms with Crippen LogP contribution in [0.2, 0.25) is 5.02 Å². The molecule has 1 atom stereocenters. The first-order valence-corrected chi connectivity index (χ1v) is 6.36. The number of benzene rings is 1. The third-order valence-corrected chi connectivity index (χ3v) is 3.41. The van der Waals surface area contributed by atoms with Gasteiger partial charge in [-0.1, -0.05) is 23.7 Å². The molecule has 5 heteroatoms. The maximum Gasteiger partial charge on any atom is 0.244 e. The summed E-state index contributed by atoms with van der Waals surface area (Å²) in [5, 5.41) is 3.61. The molecule has 1 fully saturated rings. The van der Waals surface area contributed by atoms with Crippen LogP contribution in [0.5, 0.6) is 0 Å². The molecule has 98 valence electrons. The van der Waals surface area contributed by atoms with Crippen molar-refractivity contribution in [1.82, 2.24) is 5.32 Å². The molecule has 0 spiro atoms. The zero-order valence-corrected chi connectivity index (χ0v) is 11.4. The minimum absolute atomic E-state index is 0.0475. The summed E-state index contributed by atoms with van der Waals surface area (Å²) in [4.78, 5) is 14.0. The Morgan fingerprint density at radius 1 is 1.50 bits per heavy atom. The van der Waals surface area contributed by atoms with Crippen molar-refractivity contribution >= 4 is 23.2 Å². The molecule has 1 heterocycles. The molecule has 0 radical (unpaired) electrons. The van der Waals surface area contributed by atoms with Crippen LogP contribution < -0.4 is 16.0 Å². The van der Waals surface area contributed by atoms with E-state index in [2.05, 4.69) is 5.32 Å². The molecule has 1 aliphatic rings. The summed E-state index contributed by atoms with van der Waals surface area (Å²) >= 11 is 6.21. The zero-order valence-electron chi connectivity index (χ0n) is 10.6. The first kappa shape index (κ1) is 13.2. The molecule has 1 aromatic rings. The van der Waals surface area contributed by atoms with E-state index in [9.17, 15) is 4.79 Å². The number of hydrogen-bond donors (Lipinski definition) is 2. The highest BCUT2D eigenvalue weighted by Gasteiger charge is 2.38. The molecule has 0 aliphatic carbocycles. The van der Waals surface area contributed by atoms with Crippen molar-refractivity contribution in [3.8, 4) is 0 Å². The predicted octanol–water partition coefficient (Wildman–Crippen LogP) is 1.38. The molecule has 1 unspecified atom stereocenters. The zero-order chi connectivity index (χ0) is 13.3. The van der Waals surface area contributed by atoms with Gasteiger partial charge in [-0.15, -0.1) is 0 Å². The highest BCUT2D eigenvalue weighted by molar-refractivity contribution is 6.33. The van der Waals surface area contributed by atoms with Gasteiger partial charge < -0.3 is 16.0 Å². The van der Waals surface area contributed by atoms with E-state index in [1.165, 1.54) is 0 Å². The molecule has 1 amide bonds. The lowest BCUT2D eigenvalue weighted by molar-refractivity contribution is -0.125. The van der Waals surface area contributed by atoms with Crippen molar-refractivity contribution in [3.05, 3.63) is 29.3 Å². The second-order valence-corrected chi connectivity index (χ2v) is 5.61. The standard InChI is InChI=1S/C13H18ClN3O/c1-13(2)8-17(11(7-15)12(18)16-13)10-6-4-3-5-9(10)14/h3-6,11H,7-8,15H2,1-2H3,(H,16,18). The fourth-order valence-electron chi connectivity index (χ4n) is 2.31. The summed E-state index contributed by atoms with van der Waals surface area (Å²) in [5.74, 6) is -0.0475. The lowest BCUT2D eigenvalue weighted by Gasteiger charge is -2.44. The normalized spacial score (nSPS) is 22.8. The molecule has 2 rings (SSSR count). The molecule has 3 N–H and O–H groups in total. The van der Waals surface area contributed by atoms with Gasteiger partial charge in [0.05, 0.1) is 16.2 Å². The van der Waals surface area contributed by atoms with Gasteiger partial charge in [-0.25, -0.2) is 0 Å². The molecule has 18 heavy (non-hydrogen) atoms. The monoisotopic (exact) mass is 267 g/mol. The SMILES string of the molecule is CC1(C)CN(c2ccccc2Cl)C(CN)C(=O)N1. The van der Waals surface area contributed by atoms with Crippen LogP contribution in [0.4, 0.5) is 5.69 Å². The van der Waals surface area contributed by atoms with Crippen LogP contribution in [0.25, 0.3) is 0 Å².